The van der Waals surface area contributed by atoms with Gasteiger partial charge in [0, 0.05) is 19.9 Å². The van der Waals surface area contributed by atoms with Gasteiger partial charge in [-0.1, -0.05) is 11.6 Å². The van der Waals surface area contributed by atoms with Crippen LogP contribution in [0.3, 0.4) is 0 Å². The Balaban J connectivity index is 2.46. The molecule has 1 heterocycles. The number of pyridine rings is 1. The van der Waals surface area contributed by atoms with Crippen molar-refractivity contribution in [1.82, 2.24) is 4.98 Å². The van der Waals surface area contributed by atoms with Gasteiger partial charge < -0.3 is 10.1 Å². The second-order valence-electron chi connectivity index (χ2n) is 2.26. The van der Waals surface area contributed by atoms with Crippen molar-refractivity contribution in [2.45, 2.75) is 0 Å². The highest BCUT2D eigenvalue weighted by atomic mass is 35.5. The Bertz CT molecular complexity index is 242. The fourth-order valence-electron chi connectivity index (χ4n) is 0.806. The van der Waals surface area contributed by atoms with E-state index in [1.54, 1.807) is 13.3 Å². The number of ether oxygens (including phenoxy) is 1. The summed E-state index contributed by atoms with van der Waals surface area (Å²) in [4.78, 5) is 3.92. The summed E-state index contributed by atoms with van der Waals surface area (Å²) in [6.07, 6.45) is 1.66. The van der Waals surface area contributed by atoms with Gasteiger partial charge in [0.1, 0.15) is 0 Å². The molecule has 1 aromatic heterocycles. The third kappa shape index (κ3) is 2.68. The second kappa shape index (κ2) is 4.95. The summed E-state index contributed by atoms with van der Waals surface area (Å²) < 4.78 is 4.88. The fourth-order valence-corrected chi connectivity index (χ4v) is 0.992. The van der Waals surface area contributed by atoms with Gasteiger partial charge in [-0.3, -0.25) is 0 Å². The van der Waals surface area contributed by atoms with E-state index in [4.69, 9.17) is 16.3 Å². The zero-order chi connectivity index (χ0) is 8.81. The molecule has 0 amide bonds. The molecule has 0 aliphatic rings. The summed E-state index contributed by atoms with van der Waals surface area (Å²) in [5, 5.41) is 3.59. The van der Waals surface area contributed by atoms with Crippen LogP contribution >= 0.6 is 11.6 Å². The Morgan fingerprint density at radius 2 is 2.50 bits per heavy atom. The number of hydrogen-bond acceptors (Lipinski definition) is 3. The molecule has 0 aliphatic heterocycles. The van der Waals surface area contributed by atoms with E-state index < -0.39 is 0 Å². The predicted molar refractivity (Wildman–Crippen MR) is 49.6 cm³/mol. The summed E-state index contributed by atoms with van der Waals surface area (Å²) in [6, 6.07) is 3.71. The summed E-state index contributed by atoms with van der Waals surface area (Å²) in [6.45, 7) is 1.40. The first-order chi connectivity index (χ1) is 5.84. The van der Waals surface area contributed by atoms with Crippen LogP contribution in [0.1, 0.15) is 0 Å². The van der Waals surface area contributed by atoms with E-state index in [1.165, 1.54) is 0 Å². The number of aromatic nitrogens is 1. The lowest BCUT2D eigenvalue weighted by Crippen LogP contribution is -2.07. The van der Waals surface area contributed by atoms with E-state index in [0.29, 0.717) is 11.8 Å². The van der Waals surface area contributed by atoms with Gasteiger partial charge in [-0.15, -0.1) is 0 Å². The van der Waals surface area contributed by atoms with Gasteiger partial charge in [0.15, 0.2) is 5.15 Å². The Morgan fingerprint density at radius 1 is 1.67 bits per heavy atom. The van der Waals surface area contributed by atoms with Gasteiger partial charge in [-0.2, -0.15) is 0 Å². The average molecular weight is 187 g/mol. The SMILES string of the molecule is COCCNc1cccnc1Cl. The molecule has 0 unspecified atom stereocenters. The van der Waals surface area contributed by atoms with E-state index in [0.717, 1.165) is 12.2 Å². The van der Waals surface area contributed by atoms with Crippen LogP contribution in [0.25, 0.3) is 0 Å². The Hall–Kier alpha value is -0.800. The minimum absolute atomic E-state index is 0.494. The van der Waals surface area contributed by atoms with Crippen molar-refractivity contribution < 1.29 is 4.74 Å². The first-order valence-corrected chi connectivity index (χ1v) is 4.05. The second-order valence-corrected chi connectivity index (χ2v) is 2.62. The zero-order valence-corrected chi connectivity index (χ0v) is 7.64. The van der Waals surface area contributed by atoms with Crippen molar-refractivity contribution >= 4 is 17.3 Å². The summed E-state index contributed by atoms with van der Waals surface area (Å²) in [5.41, 5.74) is 0.844. The number of anilines is 1. The first-order valence-electron chi connectivity index (χ1n) is 3.68. The van der Waals surface area contributed by atoms with Crippen LogP contribution in [-0.4, -0.2) is 25.2 Å². The van der Waals surface area contributed by atoms with E-state index >= 15 is 0 Å². The normalized spacial score (nSPS) is 9.83. The molecule has 1 aromatic rings. The monoisotopic (exact) mass is 186 g/mol. The number of hydrogen-bond donors (Lipinski definition) is 1. The number of rotatable bonds is 4. The van der Waals surface area contributed by atoms with Crippen LogP contribution in [-0.2, 0) is 4.74 Å². The molecular weight excluding hydrogens is 176 g/mol. The van der Waals surface area contributed by atoms with Crippen molar-refractivity contribution in [2.75, 3.05) is 25.6 Å². The quantitative estimate of drug-likeness (QED) is 0.575. The smallest absolute Gasteiger partial charge is 0.152 e. The molecule has 0 aliphatic carbocycles. The molecule has 0 aromatic carbocycles. The largest absolute Gasteiger partial charge is 0.383 e. The third-order valence-electron chi connectivity index (χ3n) is 1.38. The van der Waals surface area contributed by atoms with Gasteiger partial charge in [0.2, 0.25) is 0 Å². The summed E-state index contributed by atoms with van der Waals surface area (Å²) in [7, 11) is 1.66. The zero-order valence-electron chi connectivity index (χ0n) is 6.88. The van der Waals surface area contributed by atoms with Crippen molar-refractivity contribution in [3.63, 3.8) is 0 Å². The lowest BCUT2D eigenvalue weighted by atomic mass is 10.4. The number of nitrogens with one attached hydrogen (secondary N) is 1. The van der Waals surface area contributed by atoms with Gasteiger partial charge >= 0.3 is 0 Å². The topological polar surface area (TPSA) is 34.1 Å². The van der Waals surface area contributed by atoms with Crippen molar-refractivity contribution in [3.05, 3.63) is 23.5 Å². The molecule has 0 fully saturated rings. The Kier molecular flexibility index (Phi) is 3.84. The molecule has 1 N–H and O–H groups in total. The van der Waals surface area contributed by atoms with Crippen LogP contribution in [0.2, 0.25) is 5.15 Å². The molecule has 1 rings (SSSR count). The maximum absolute atomic E-state index is 5.79. The fraction of sp³-hybridized carbons (Fsp3) is 0.375. The lowest BCUT2D eigenvalue weighted by Gasteiger charge is -2.05. The molecule has 0 saturated carbocycles. The average Bonchev–Trinajstić information content (AvgIpc) is 2.09. The molecule has 12 heavy (non-hydrogen) atoms. The highest BCUT2D eigenvalue weighted by Crippen LogP contribution is 2.16. The Labute approximate surface area is 76.7 Å². The van der Waals surface area contributed by atoms with Gasteiger partial charge in [0.05, 0.1) is 12.3 Å². The number of methoxy groups -OCH3 is 1. The highest BCUT2D eigenvalue weighted by molar-refractivity contribution is 6.31. The van der Waals surface area contributed by atoms with Crippen LogP contribution in [0, 0.1) is 0 Å². The van der Waals surface area contributed by atoms with Crippen molar-refractivity contribution in [1.29, 1.82) is 0 Å². The maximum atomic E-state index is 5.79. The molecule has 4 heteroatoms. The minimum Gasteiger partial charge on any atom is -0.383 e. The van der Waals surface area contributed by atoms with E-state index in [1.807, 2.05) is 12.1 Å². The van der Waals surface area contributed by atoms with Crippen LogP contribution < -0.4 is 5.32 Å². The predicted octanol–water partition coefficient (Wildman–Crippen LogP) is 1.79. The molecule has 0 atom stereocenters. The highest BCUT2D eigenvalue weighted by Gasteiger charge is 1.96. The molecule has 0 saturated heterocycles. The first kappa shape index (κ1) is 9.29. The van der Waals surface area contributed by atoms with Crippen molar-refractivity contribution in [3.8, 4) is 0 Å². The minimum atomic E-state index is 0.494. The van der Waals surface area contributed by atoms with Crippen LogP contribution in [0.4, 0.5) is 5.69 Å². The van der Waals surface area contributed by atoms with Gasteiger partial charge in [-0.05, 0) is 12.1 Å². The molecule has 0 bridgehead atoms. The summed E-state index contributed by atoms with van der Waals surface area (Å²) >= 11 is 5.79. The number of nitrogens with zero attached hydrogens (tertiary/aromatic N) is 1. The Morgan fingerprint density at radius 3 is 3.17 bits per heavy atom. The molecule has 66 valence electrons. The van der Waals surface area contributed by atoms with Gasteiger partial charge in [0.25, 0.3) is 0 Å². The summed E-state index contributed by atoms with van der Waals surface area (Å²) in [5.74, 6) is 0. The standard InChI is InChI=1S/C8H11ClN2O/c1-12-6-5-10-7-3-2-4-11-8(7)9/h2-4,10H,5-6H2,1H3. The molecule has 3 nitrogen and oxygen atoms in total. The molecule has 0 spiro atoms. The van der Waals surface area contributed by atoms with E-state index in [-0.39, 0.29) is 0 Å². The van der Waals surface area contributed by atoms with Crippen molar-refractivity contribution in [2.24, 2.45) is 0 Å². The van der Waals surface area contributed by atoms with Crippen LogP contribution in [0.5, 0.6) is 0 Å². The molecular formula is C8H11ClN2O. The number of halogens is 1. The van der Waals surface area contributed by atoms with Gasteiger partial charge in [-0.25, -0.2) is 4.98 Å². The maximum Gasteiger partial charge on any atom is 0.152 e. The van der Waals surface area contributed by atoms with E-state index in [9.17, 15) is 0 Å². The van der Waals surface area contributed by atoms with E-state index in [2.05, 4.69) is 10.3 Å². The third-order valence-corrected chi connectivity index (χ3v) is 1.68. The lowest BCUT2D eigenvalue weighted by molar-refractivity contribution is 0.211. The van der Waals surface area contributed by atoms with Crippen LogP contribution in [0.15, 0.2) is 18.3 Å². The molecule has 0 radical (unpaired) electrons.